The van der Waals surface area contributed by atoms with Gasteiger partial charge in [0.05, 0.1) is 23.3 Å². The molecule has 0 aliphatic rings. The second-order valence-electron chi connectivity index (χ2n) is 8.33. The molecular formula is C28H28N2. The van der Waals surface area contributed by atoms with Crippen LogP contribution in [0, 0.1) is 0 Å². The third-order valence-corrected chi connectivity index (χ3v) is 5.50. The first-order chi connectivity index (χ1) is 14.5. The minimum Gasteiger partial charge on any atom is -0.254 e. The molecule has 0 unspecified atom stereocenters. The predicted octanol–water partition coefficient (Wildman–Crippen LogP) is 7.90. The highest BCUT2D eigenvalue weighted by Gasteiger charge is 2.13. The number of pyridine rings is 1. The molecule has 0 aliphatic carbocycles. The van der Waals surface area contributed by atoms with Gasteiger partial charge in [0.15, 0.2) is 0 Å². The Morgan fingerprint density at radius 3 is 2.07 bits per heavy atom. The third-order valence-electron chi connectivity index (χ3n) is 5.50. The fraction of sp³-hybridized carbons (Fsp3) is 0.214. The number of benzene rings is 3. The minimum absolute atomic E-state index is 0.422. The number of aliphatic imine (C=N–C) groups is 1. The van der Waals surface area contributed by atoms with Gasteiger partial charge in [0, 0.05) is 5.56 Å². The van der Waals surface area contributed by atoms with Gasteiger partial charge in [-0.15, -0.1) is 0 Å². The molecule has 4 aromatic rings. The molecule has 0 bridgehead atoms. The van der Waals surface area contributed by atoms with Crippen LogP contribution in [0.4, 0.5) is 5.69 Å². The largest absolute Gasteiger partial charge is 0.254 e. The molecule has 0 fully saturated rings. The van der Waals surface area contributed by atoms with Crippen molar-refractivity contribution >= 4 is 22.7 Å². The molecule has 0 N–H and O–H groups in total. The topological polar surface area (TPSA) is 25.2 Å². The first-order valence-electron chi connectivity index (χ1n) is 10.7. The Morgan fingerprint density at radius 1 is 0.700 bits per heavy atom. The Balaban J connectivity index is 1.75. The molecule has 4 rings (SSSR count). The quantitative estimate of drug-likeness (QED) is 0.317. The first-order valence-corrected chi connectivity index (χ1v) is 10.7. The number of aromatic nitrogens is 1. The summed E-state index contributed by atoms with van der Waals surface area (Å²) in [5.41, 5.74) is 6.63. The molecule has 0 spiro atoms. The zero-order valence-corrected chi connectivity index (χ0v) is 18.1. The van der Waals surface area contributed by atoms with Crippen LogP contribution in [0.1, 0.15) is 56.4 Å². The van der Waals surface area contributed by atoms with Crippen molar-refractivity contribution in [3.05, 3.63) is 95.7 Å². The summed E-state index contributed by atoms with van der Waals surface area (Å²) in [6.45, 7) is 8.88. The maximum absolute atomic E-state index is 4.93. The molecule has 150 valence electrons. The maximum atomic E-state index is 4.93. The highest BCUT2D eigenvalue weighted by Crippen LogP contribution is 2.34. The van der Waals surface area contributed by atoms with Crippen molar-refractivity contribution in [3.63, 3.8) is 0 Å². The van der Waals surface area contributed by atoms with Crippen molar-refractivity contribution in [3.8, 4) is 11.3 Å². The van der Waals surface area contributed by atoms with Crippen LogP contribution in [0.25, 0.3) is 22.0 Å². The molecule has 0 atom stereocenters. The third kappa shape index (κ3) is 4.04. The number of hydrogen-bond acceptors (Lipinski definition) is 2. The fourth-order valence-corrected chi connectivity index (χ4v) is 3.91. The summed E-state index contributed by atoms with van der Waals surface area (Å²) in [5, 5.41) is 2.44. The molecule has 0 radical (unpaired) electrons. The van der Waals surface area contributed by atoms with E-state index in [0.717, 1.165) is 22.6 Å². The van der Waals surface area contributed by atoms with Crippen LogP contribution >= 0.6 is 0 Å². The SMILES string of the molecule is CC(C)c1cccc(C(C)C)c1/N=C/c1cccc(-c2cccc3ccccc23)n1. The molecule has 0 saturated carbocycles. The smallest absolute Gasteiger partial charge is 0.0820 e. The lowest BCUT2D eigenvalue weighted by atomic mass is 9.93. The molecule has 0 saturated heterocycles. The van der Waals surface area contributed by atoms with E-state index in [1.54, 1.807) is 0 Å². The lowest BCUT2D eigenvalue weighted by Gasteiger charge is -2.16. The van der Waals surface area contributed by atoms with E-state index in [0.29, 0.717) is 11.8 Å². The van der Waals surface area contributed by atoms with Gasteiger partial charge < -0.3 is 0 Å². The van der Waals surface area contributed by atoms with E-state index in [2.05, 4.69) is 100 Å². The van der Waals surface area contributed by atoms with Gasteiger partial charge in [-0.1, -0.05) is 94.4 Å². The monoisotopic (exact) mass is 392 g/mol. The van der Waals surface area contributed by atoms with E-state index in [-0.39, 0.29) is 0 Å². The second-order valence-corrected chi connectivity index (χ2v) is 8.33. The normalized spacial score (nSPS) is 11.8. The van der Waals surface area contributed by atoms with Gasteiger partial charge in [-0.05, 0) is 45.9 Å². The van der Waals surface area contributed by atoms with Gasteiger partial charge in [0.2, 0.25) is 0 Å². The summed E-state index contributed by atoms with van der Waals surface area (Å²) >= 11 is 0. The van der Waals surface area contributed by atoms with Crippen molar-refractivity contribution in [2.75, 3.05) is 0 Å². The summed E-state index contributed by atoms with van der Waals surface area (Å²) < 4.78 is 0. The average Bonchev–Trinajstić information content (AvgIpc) is 2.77. The van der Waals surface area contributed by atoms with Crippen LogP contribution in [0.15, 0.2) is 83.9 Å². The van der Waals surface area contributed by atoms with Gasteiger partial charge in [-0.3, -0.25) is 4.99 Å². The lowest BCUT2D eigenvalue weighted by molar-refractivity contribution is 0.835. The van der Waals surface area contributed by atoms with Crippen LogP contribution < -0.4 is 0 Å². The molecule has 2 heteroatoms. The molecule has 30 heavy (non-hydrogen) atoms. The van der Waals surface area contributed by atoms with Gasteiger partial charge >= 0.3 is 0 Å². The van der Waals surface area contributed by atoms with E-state index < -0.39 is 0 Å². The van der Waals surface area contributed by atoms with Crippen molar-refractivity contribution in [2.24, 2.45) is 4.99 Å². The Labute approximate surface area is 179 Å². The van der Waals surface area contributed by atoms with E-state index in [9.17, 15) is 0 Å². The summed E-state index contributed by atoms with van der Waals surface area (Å²) in [7, 11) is 0. The van der Waals surface area contributed by atoms with Gasteiger partial charge in [-0.25, -0.2) is 4.98 Å². The number of hydrogen-bond donors (Lipinski definition) is 0. The summed E-state index contributed by atoms with van der Waals surface area (Å²) in [4.78, 5) is 9.84. The van der Waals surface area contributed by atoms with Gasteiger partial charge in [0.1, 0.15) is 0 Å². The zero-order valence-electron chi connectivity index (χ0n) is 18.1. The van der Waals surface area contributed by atoms with Crippen LogP contribution in [-0.2, 0) is 0 Å². The minimum atomic E-state index is 0.422. The fourth-order valence-electron chi connectivity index (χ4n) is 3.91. The lowest BCUT2D eigenvalue weighted by Crippen LogP contribution is -1.96. The molecule has 0 amide bonds. The van der Waals surface area contributed by atoms with Crippen molar-refractivity contribution < 1.29 is 0 Å². The van der Waals surface area contributed by atoms with Gasteiger partial charge in [-0.2, -0.15) is 0 Å². The highest BCUT2D eigenvalue weighted by molar-refractivity contribution is 5.96. The molecular weight excluding hydrogens is 364 g/mol. The van der Waals surface area contributed by atoms with E-state index in [1.165, 1.54) is 21.9 Å². The predicted molar refractivity (Wildman–Crippen MR) is 129 cm³/mol. The Morgan fingerprint density at radius 2 is 1.33 bits per heavy atom. The van der Waals surface area contributed by atoms with E-state index >= 15 is 0 Å². The Hall–Kier alpha value is -3.26. The second kappa shape index (κ2) is 8.62. The van der Waals surface area contributed by atoms with E-state index in [1.807, 2.05) is 12.3 Å². The van der Waals surface area contributed by atoms with Crippen LogP contribution in [0.2, 0.25) is 0 Å². The standard InChI is InChI=1S/C28H28N2/c1-19(2)23-14-9-15-24(20(3)4)28(23)29-18-22-12-8-17-27(30-22)26-16-7-11-21-10-5-6-13-25(21)26/h5-20H,1-4H3/b29-18+. The molecule has 1 aromatic heterocycles. The number of rotatable bonds is 5. The first kappa shape index (κ1) is 20.0. The maximum Gasteiger partial charge on any atom is 0.0820 e. The van der Waals surface area contributed by atoms with Crippen LogP contribution in [0.5, 0.6) is 0 Å². The zero-order chi connectivity index (χ0) is 21.1. The van der Waals surface area contributed by atoms with Crippen LogP contribution in [0.3, 0.4) is 0 Å². The summed E-state index contributed by atoms with van der Waals surface area (Å²) in [6.07, 6.45) is 1.90. The summed E-state index contributed by atoms with van der Waals surface area (Å²) in [6, 6.07) is 27.5. The van der Waals surface area contributed by atoms with E-state index in [4.69, 9.17) is 9.98 Å². The van der Waals surface area contributed by atoms with Gasteiger partial charge in [0.25, 0.3) is 0 Å². The average molecular weight is 393 g/mol. The van der Waals surface area contributed by atoms with Crippen molar-refractivity contribution in [1.29, 1.82) is 0 Å². The van der Waals surface area contributed by atoms with Crippen LogP contribution in [-0.4, -0.2) is 11.2 Å². The summed E-state index contributed by atoms with van der Waals surface area (Å²) in [5.74, 6) is 0.844. The molecule has 1 heterocycles. The Kier molecular flexibility index (Phi) is 5.76. The number of nitrogens with zero attached hydrogens (tertiary/aromatic N) is 2. The molecule has 0 aliphatic heterocycles. The molecule has 2 nitrogen and oxygen atoms in total. The Bertz CT molecular complexity index is 1170. The number of para-hydroxylation sites is 1. The van der Waals surface area contributed by atoms with Crippen molar-refractivity contribution in [1.82, 2.24) is 4.98 Å². The molecule has 3 aromatic carbocycles. The highest BCUT2D eigenvalue weighted by atomic mass is 14.8. The number of fused-ring (bicyclic) bond motifs is 1. The van der Waals surface area contributed by atoms with Crippen molar-refractivity contribution in [2.45, 2.75) is 39.5 Å².